The van der Waals surface area contributed by atoms with Gasteiger partial charge in [0.05, 0.1) is 24.6 Å². The van der Waals surface area contributed by atoms with Crippen molar-refractivity contribution in [1.29, 1.82) is 0 Å². The molecular formula is C19H26F3N5O3. The van der Waals surface area contributed by atoms with E-state index in [0.717, 1.165) is 37.6 Å². The fourth-order valence-corrected chi connectivity index (χ4v) is 3.31. The quantitative estimate of drug-likeness (QED) is 0.789. The minimum atomic E-state index is -5.08. The first-order valence-corrected chi connectivity index (χ1v) is 9.52. The molecule has 3 heterocycles. The van der Waals surface area contributed by atoms with Crippen LogP contribution in [0.5, 0.6) is 0 Å². The third kappa shape index (κ3) is 5.62. The van der Waals surface area contributed by atoms with Crippen molar-refractivity contribution in [3.63, 3.8) is 0 Å². The average Bonchev–Trinajstić information content (AvgIpc) is 3.33. The van der Waals surface area contributed by atoms with Crippen LogP contribution in [0.1, 0.15) is 36.1 Å². The summed E-state index contributed by atoms with van der Waals surface area (Å²) in [5.74, 6) is -2.66. The highest BCUT2D eigenvalue weighted by atomic mass is 19.4. The molecule has 1 aliphatic heterocycles. The molecule has 0 aliphatic carbocycles. The molecule has 0 saturated carbocycles. The van der Waals surface area contributed by atoms with Crippen LogP contribution >= 0.6 is 0 Å². The summed E-state index contributed by atoms with van der Waals surface area (Å²) in [4.78, 5) is 30.4. The van der Waals surface area contributed by atoms with Crippen LogP contribution in [0.15, 0.2) is 30.9 Å². The lowest BCUT2D eigenvalue weighted by Gasteiger charge is -2.36. The van der Waals surface area contributed by atoms with Crippen LogP contribution in [0.2, 0.25) is 0 Å². The number of hydrogen-bond acceptors (Lipinski definition) is 4. The third-order valence-corrected chi connectivity index (χ3v) is 4.98. The maximum absolute atomic E-state index is 12.8. The Labute approximate surface area is 172 Å². The predicted octanol–water partition coefficient (Wildman–Crippen LogP) is 2.39. The van der Waals surface area contributed by atoms with Gasteiger partial charge in [0.2, 0.25) is 0 Å². The zero-order valence-corrected chi connectivity index (χ0v) is 17.1. The van der Waals surface area contributed by atoms with Crippen molar-refractivity contribution < 1.29 is 27.9 Å². The number of alkyl halides is 3. The average molecular weight is 429 g/mol. The molecule has 1 amide bonds. The van der Waals surface area contributed by atoms with Crippen molar-refractivity contribution in [3.05, 3.63) is 42.2 Å². The van der Waals surface area contributed by atoms with E-state index in [4.69, 9.17) is 9.90 Å². The predicted molar refractivity (Wildman–Crippen MR) is 103 cm³/mol. The summed E-state index contributed by atoms with van der Waals surface area (Å²) < 4.78 is 35.8. The molecule has 30 heavy (non-hydrogen) atoms. The van der Waals surface area contributed by atoms with E-state index in [0.29, 0.717) is 6.54 Å². The number of halogens is 3. The number of carboxylic acids is 1. The maximum atomic E-state index is 12.8. The largest absolute Gasteiger partial charge is 0.490 e. The first-order chi connectivity index (χ1) is 14.1. The lowest BCUT2D eigenvalue weighted by atomic mass is 10.1. The zero-order valence-electron chi connectivity index (χ0n) is 17.1. The molecule has 0 fully saturated rings. The summed E-state index contributed by atoms with van der Waals surface area (Å²) >= 11 is 0. The molecule has 0 bridgehead atoms. The van der Waals surface area contributed by atoms with Crippen LogP contribution in [0.25, 0.3) is 0 Å². The molecular weight excluding hydrogens is 403 g/mol. The Hall–Kier alpha value is -2.82. The van der Waals surface area contributed by atoms with Crippen LogP contribution in [-0.2, 0) is 18.4 Å². The van der Waals surface area contributed by atoms with Gasteiger partial charge in [0, 0.05) is 32.5 Å². The lowest BCUT2D eigenvalue weighted by Crippen LogP contribution is -2.45. The van der Waals surface area contributed by atoms with Crippen molar-refractivity contribution in [2.45, 2.75) is 32.6 Å². The summed E-state index contributed by atoms with van der Waals surface area (Å²) in [6, 6.07) is 4.05. The number of carbonyl (C=O) groups excluding carboxylic acids is 1. The highest BCUT2D eigenvalue weighted by Gasteiger charge is 2.38. The number of rotatable bonds is 5. The molecule has 2 aromatic rings. The van der Waals surface area contributed by atoms with Gasteiger partial charge in [-0.1, -0.05) is 13.8 Å². The molecule has 1 N–H and O–H groups in total. The molecule has 3 rings (SSSR count). The Bertz CT molecular complexity index is 858. The van der Waals surface area contributed by atoms with E-state index in [1.54, 1.807) is 0 Å². The number of aliphatic carboxylic acids is 1. The van der Waals surface area contributed by atoms with Gasteiger partial charge in [-0.2, -0.15) is 13.2 Å². The van der Waals surface area contributed by atoms with Crippen LogP contribution in [0.3, 0.4) is 0 Å². The lowest BCUT2D eigenvalue weighted by molar-refractivity contribution is -0.192. The van der Waals surface area contributed by atoms with Gasteiger partial charge in [-0.3, -0.25) is 4.79 Å². The number of aromatic nitrogens is 3. The summed E-state index contributed by atoms with van der Waals surface area (Å²) in [7, 11) is 1.91. The van der Waals surface area contributed by atoms with Gasteiger partial charge in [0.25, 0.3) is 5.91 Å². The van der Waals surface area contributed by atoms with Gasteiger partial charge in [0.15, 0.2) is 0 Å². The number of aryl methyl sites for hydroxylation is 1. The second-order valence-corrected chi connectivity index (χ2v) is 6.92. The van der Waals surface area contributed by atoms with Crippen molar-refractivity contribution in [3.8, 4) is 0 Å². The van der Waals surface area contributed by atoms with E-state index >= 15 is 0 Å². The SMILES string of the molecule is CCN(CC)CC1CN(C(=O)c2cccn2C)Cc2cncn21.O=C(O)C(F)(F)F. The van der Waals surface area contributed by atoms with Gasteiger partial charge in [-0.15, -0.1) is 0 Å². The molecule has 11 heteroatoms. The van der Waals surface area contributed by atoms with Crippen LogP contribution in [0, 0.1) is 0 Å². The third-order valence-electron chi connectivity index (χ3n) is 4.98. The molecule has 2 aromatic heterocycles. The van der Waals surface area contributed by atoms with Crippen molar-refractivity contribution in [2.24, 2.45) is 7.05 Å². The first-order valence-electron chi connectivity index (χ1n) is 9.52. The summed E-state index contributed by atoms with van der Waals surface area (Å²) in [6.45, 7) is 8.67. The summed E-state index contributed by atoms with van der Waals surface area (Å²) in [5, 5.41) is 7.12. The van der Waals surface area contributed by atoms with E-state index in [-0.39, 0.29) is 11.9 Å². The zero-order chi connectivity index (χ0) is 22.5. The van der Waals surface area contributed by atoms with Crippen molar-refractivity contribution in [2.75, 3.05) is 26.2 Å². The molecule has 1 unspecified atom stereocenters. The number of carbonyl (C=O) groups is 2. The van der Waals surface area contributed by atoms with Gasteiger partial charge < -0.3 is 24.0 Å². The second-order valence-electron chi connectivity index (χ2n) is 6.92. The molecule has 0 spiro atoms. The second kappa shape index (κ2) is 9.79. The molecule has 0 saturated heterocycles. The van der Waals surface area contributed by atoms with E-state index in [9.17, 15) is 18.0 Å². The first kappa shape index (κ1) is 23.5. The molecule has 8 nitrogen and oxygen atoms in total. The Kier molecular flexibility index (Phi) is 7.65. The number of amides is 1. The highest BCUT2D eigenvalue weighted by molar-refractivity contribution is 5.92. The van der Waals surface area contributed by atoms with Crippen LogP contribution < -0.4 is 0 Å². The fraction of sp³-hybridized carbons (Fsp3) is 0.526. The summed E-state index contributed by atoms with van der Waals surface area (Å²) in [6.07, 6.45) is 0.600. The van der Waals surface area contributed by atoms with Crippen LogP contribution in [0.4, 0.5) is 13.2 Å². The number of likely N-dealkylation sites (N-methyl/N-ethyl adjacent to an activating group) is 1. The number of nitrogens with zero attached hydrogens (tertiary/aromatic N) is 5. The molecule has 0 radical (unpaired) electrons. The molecule has 0 aromatic carbocycles. The number of hydrogen-bond donors (Lipinski definition) is 1. The minimum absolute atomic E-state index is 0.0921. The Morgan fingerprint density at radius 3 is 2.43 bits per heavy atom. The monoisotopic (exact) mass is 429 g/mol. The standard InChI is InChI=1S/C17H25N5O.C2HF3O2/c1-4-20(5-2)10-15-12-21(11-14-9-18-13-22(14)15)17(23)16-7-6-8-19(16)3;3-2(4,5)1(6)7/h6-9,13,15H,4-5,10-12H2,1-3H3;(H,6,7). The topological polar surface area (TPSA) is 83.6 Å². The minimum Gasteiger partial charge on any atom is -0.475 e. The fourth-order valence-electron chi connectivity index (χ4n) is 3.31. The normalized spacial score (nSPS) is 16.1. The van der Waals surface area contributed by atoms with Gasteiger partial charge in [-0.05, 0) is 25.2 Å². The van der Waals surface area contributed by atoms with Gasteiger partial charge in [-0.25, -0.2) is 9.78 Å². The van der Waals surface area contributed by atoms with E-state index in [1.807, 2.05) is 47.4 Å². The molecule has 1 aliphatic rings. The Balaban J connectivity index is 0.000000396. The van der Waals surface area contributed by atoms with Crippen molar-refractivity contribution in [1.82, 2.24) is 23.9 Å². The van der Waals surface area contributed by atoms with Gasteiger partial charge >= 0.3 is 12.1 Å². The number of fused-ring (bicyclic) bond motifs is 1. The number of carboxylic acid groups (broad SMARTS) is 1. The Morgan fingerprint density at radius 2 is 1.93 bits per heavy atom. The highest BCUT2D eigenvalue weighted by Crippen LogP contribution is 2.23. The number of imidazole rings is 1. The van der Waals surface area contributed by atoms with Crippen LogP contribution in [-0.4, -0.2) is 73.3 Å². The van der Waals surface area contributed by atoms with Crippen molar-refractivity contribution >= 4 is 11.9 Å². The maximum Gasteiger partial charge on any atom is 0.490 e. The van der Waals surface area contributed by atoms with E-state index in [1.165, 1.54) is 0 Å². The summed E-state index contributed by atoms with van der Waals surface area (Å²) in [5.41, 5.74) is 1.84. The van der Waals surface area contributed by atoms with Gasteiger partial charge in [0.1, 0.15) is 5.69 Å². The van der Waals surface area contributed by atoms with E-state index < -0.39 is 12.1 Å². The Morgan fingerprint density at radius 1 is 1.30 bits per heavy atom. The molecule has 1 atom stereocenters. The smallest absolute Gasteiger partial charge is 0.475 e. The molecule has 166 valence electrons. The van der Waals surface area contributed by atoms with E-state index in [2.05, 4.69) is 28.3 Å².